The molecule has 0 saturated carbocycles. The highest BCUT2D eigenvalue weighted by atomic mass is 16.6. The maximum absolute atomic E-state index is 12.7. The molecular weight excluding hydrogens is 382 g/mol. The standard InChI is InChI=1S/C23H19N3O4/c1-13-4-9-18-21(10-13)30-23(25-18)17-8-5-14(2)19(11-17)24-22(27)16-7-6-15(3)20(12-16)26(28)29/h4-12H,1-3H3,(H,24,27). The molecule has 0 atom stereocenters. The number of fused-ring (bicyclic) bond motifs is 1. The molecular formula is C23H19N3O4. The molecule has 1 N–H and O–H groups in total. The second-order valence-corrected chi connectivity index (χ2v) is 7.23. The molecule has 0 unspecified atom stereocenters. The van der Waals surface area contributed by atoms with Crippen molar-refractivity contribution in [1.82, 2.24) is 4.98 Å². The van der Waals surface area contributed by atoms with Gasteiger partial charge in [-0.2, -0.15) is 0 Å². The summed E-state index contributed by atoms with van der Waals surface area (Å²) in [5, 5.41) is 14.0. The van der Waals surface area contributed by atoms with Gasteiger partial charge < -0.3 is 9.73 Å². The van der Waals surface area contributed by atoms with Crippen molar-refractivity contribution in [2.45, 2.75) is 20.8 Å². The summed E-state index contributed by atoms with van der Waals surface area (Å²) in [6, 6.07) is 15.7. The number of carbonyl (C=O) groups excluding carboxylic acids is 1. The number of hydrogen-bond donors (Lipinski definition) is 1. The molecule has 0 fully saturated rings. The number of amides is 1. The van der Waals surface area contributed by atoms with Crippen LogP contribution in [0.4, 0.5) is 11.4 Å². The predicted molar refractivity (Wildman–Crippen MR) is 115 cm³/mol. The third-order valence-corrected chi connectivity index (χ3v) is 4.94. The SMILES string of the molecule is Cc1ccc2nc(-c3ccc(C)c(NC(=O)c4ccc(C)c([N+](=O)[O-])c4)c3)oc2c1. The number of nitro groups is 1. The first-order valence-corrected chi connectivity index (χ1v) is 9.36. The molecule has 30 heavy (non-hydrogen) atoms. The van der Waals surface area contributed by atoms with Crippen LogP contribution in [0.3, 0.4) is 0 Å². The van der Waals surface area contributed by atoms with Gasteiger partial charge >= 0.3 is 0 Å². The largest absolute Gasteiger partial charge is 0.436 e. The lowest BCUT2D eigenvalue weighted by Gasteiger charge is -2.10. The molecule has 1 aromatic heterocycles. The number of nitro benzene ring substituents is 1. The van der Waals surface area contributed by atoms with Gasteiger partial charge in [-0.3, -0.25) is 14.9 Å². The zero-order chi connectivity index (χ0) is 21.4. The Kier molecular flexibility index (Phi) is 4.79. The average molecular weight is 401 g/mol. The van der Waals surface area contributed by atoms with E-state index in [9.17, 15) is 14.9 Å². The highest BCUT2D eigenvalue weighted by Crippen LogP contribution is 2.29. The summed E-state index contributed by atoms with van der Waals surface area (Å²) < 4.78 is 5.88. The molecule has 0 spiro atoms. The van der Waals surface area contributed by atoms with Crippen molar-refractivity contribution in [1.29, 1.82) is 0 Å². The van der Waals surface area contributed by atoms with Crippen LogP contribution >= 0.6 is 0 Å². The lowest BCUT2D eigenvalue weighted by Crippen LogP contribution is -2.13. The van der Waals surface area contributed by atoms with Crippen LogP contribution in [-0.4, -0.2) is 15.8 Å². The molecule has 1 amide bonds. The van der Waals surface area contributed by atoms with Crippen molar-refractivity contribution in [2.75, 3.05) is 5.32 Å². The van der Waals surface area contributed by atoms with Crippen molar-refractivity contribution in [3.63, 3.8) is 0 Å². The van der Waals surface area contributed by atoms with Gasteiger partial charge in [-0.05, 0) is 62.2 Å². The third-order valence-electron chi connectivity index (χ3n) is 4.94. The first-order valence-electron chi connectivity index (χ1n) is 9.36. The zero-order valence-electron chi connectivity index (χ0n) is 16.7. The number of benzene rings is 3. The van der Waals surface area contributed by atoms with Crippen LogP contribution in [0.5, 0.6) is 0 Å². The summed E-state index contributed by atoms with van der Waals surface area (Å²) in [4.78, 5) is 27.9. The average Bonchev–Trinajstić information content (AvgIpc) is 3.12. The van der Waals surface area contributed by atoms with Crippen LogP contribution in [-0.2, 0) is 0 Å². The fourth-order valence-electron chi connectivity index (χ4n) is 3.19. The number of anilines is 1. The number of oxazole rings is 1. The Balaban J connectivity index is 1.65. The summed E-state index contributed by atoms with van der Waals surface area (Å²) in [6.45, 7) is 5.48. The first kappa shape index (κ1) is 19.3. The number of aryl methyl sites for hydroxylation is 3. The maximum Gasteiger partial charge on any atom is 0.273 e. The monoisotopic (exact) mass is 401 g/mol. The Morgan fingerprint density at radius 3 is 2.53 bits per heavy atom. The lowest BCUT2D eigenvalue weighted by atomic mass is 10.1. The highest BCUT2D eigenvalue weighted by molar-refractivity contribution is 6.05. The van der Waals surface area contributed by atoms with Crippen molar-refractivity contribution in [2.24, 2.45) is 0 Å². The van der Waals surface area contributed by atoms with Crippen molar-refractivity contribution >= 4 is 28.4 Å². The summed E-state index contributed by atoms with van der Waals surface area (Å²) in [7, 11) is 0. The van der Waals surface area contributed by atoms with E-state index in [-0.39, 0.29) is 11.3 Å². The molecule has 150 valence electrons. The normalized spacial score (nSPS) is 10.9. The molecule has 0 bridgehead atoms. The fraction of sp³-hybridized carbons (Fsp3) is 0.130. The van der Waals surface area contributed by atoms with Crippen LogP contribution in [0.2, 0.25) is 0 Å². The van der Waals surface area contributed by atoms with E-state index in [0.29, 0.717) is 22.7 Å². The summed E-state index contributed by atoms with van der Waals surface area (Å²) in [5.41, 5.74) is 5.32. The molecule has 0 aliphatic carbocycles. The van der Waals surface area contributed by atoms with Crippen LogP contribution in [0, 0.1) is 30.9 Å². The van der Waals surface area contributed by atoms with E-state index in [4.69, 9.17) is 4.42 Å². The second-order valence-electron chi connectivity index (χ2n) is 7.23. The lowest BCUT2D eigenvalue weighted by molar-refractivity contribution is -0.385. The van der Waals surface area contributed by atoms with Crippen molar-refractivity contribution < 1.29 is 14.1 Å². The van der Waals surface area contributed by atoms with Gasteiger partial charge in [-0.25, -0.2) is 4.98 Å². The van der Waals surface area contributed by atoms with Gasteiger partial charge in [0.25, 0.3) is 11.6 Å². The Labute approximate surface area is 172 Å². The van der Waals surface area contributed by atoms with Gasteiger partial charge in [0.05, 0.1) is 4.92 Å². The Morgan fingerprint density at radius 2 is 1.77 bits per heavy atom. The van der Waals surface area contributed by atoms with Gasteiger partial charge in [0.15, 0.2) is 5.58 Å². The van der Waals surface area contributed by atoms with E-state index >= 15 is 0 Å². The molecule has 7 heteroatoms. The smallest absolute Gasteiger partial charge is 0.273 e. The van der Waals surface area contributed by atoms with Crippen LogP contribution in [0.1, 0.15) is 27.0 Å². The van der Waals surface area contributed by atoms with E-state index in [2.05, 4.69) is 10.3 Å². The molecule has 0 saturated heterocycles. The summed E-state index contributed by atoms with van der Waals surface area (Å²) >= 11 is 0. The topological polar surface area (TPSA) is 98.3 Å². The minimum absolute atomic E-state index is 0.0881. The van der Waals surface area contributed by atoms with Gasteiger partial charge in [0.1, 0.15) is 5.52 Å². The minimum Gasteiger partial charge on any atom is -0.436 e. The molecule has 4 aromatic rings. The number of hydrogen-bond acceptors (Lipinski definition) is 5. The quantitative estimate of drug-likeness (QED) is 0.355. The molecule has 7 nitrogen and oxygen atoms in total. The number of rotatable bonds is 4. The summed E-state index contributed by atoms with van der Waals surface area (Å²) in [5.74, 6) is 0.0311. The van der Waals surface area contributed by atoms with E-state index in [1.54, 1.807) is 25.1 Å². The van der Waals surface area contributed by atoms with E-state index in [0.717, 1.165) is 22.2 Å². The highest BCUT2D eigenvalue weighted by Gasteiger charge is 2.16. The zero-order valence-corrected chi connectivity index (χ0v) is 16.7. The van der Waals surface area contributed by atoms with Crippen molar-refractivity contribution in [3.8, 4) is 11.5 Å². The van der Waals surface area contributed by atoms with Crippen molar-refractivity contribution in [3.05, 3.63) is 87.0 Å². The number of carbonyl (C=O) groups is 1. The molecule has 0 aliphatic heterocycles. The van der Waals surface area contributed by atoms with Crippen LogP contribution in [0.25, 0.3) is 22.6 Å². The van der Waals surface area contributed by atoms with Crippen LogP contribution in [0.15, 0.2) is 59.0 Å². The van der Waals surface area contributed by atoms with E-state index < -0.39 is 10.8 Å². The minimum atomic E-state index is -0.493. The Morgan fingerprint density at radius 1 is 1.00 bits per heavy atom. The molecule has 4 rings (SSSR count). The fourth-order valence-corrected chi connectivity index (χ4v) is 3.19. The molecule has 3 aromatic carbocycles. The first-order chi connectivity index (χ1) is 14.3. The third kappa shape index (κ3) is 3.65. The predicted octanol–water partition coefficient (Wildman–Crippen LogP) is 5.58. The van der Waals surface area contributed by atoms with Gasteiger partial charge in [-0.15, -0.1) is 0 Å². The Hall–Kier alpha value is -4.00. The van der Waals surface area contributed by atoms with Gasteiger partial charge in [-0.1, -0.05) is 18.2 Å². The second kappa shape index (κ2) is 7.44. The van der Waals surface area contributed by atoms with Gasteiger partial charge in [0, 0.05) is 28.4 Å². The number of aromatic nitrogens is 1. The van der Waals surface area contributed by atoms with Crippen LogP contribution < -0.4 is 5.32 Å². The summed E-state index contributed by atoms with van der Waals surface area (Å²) in [6.07, 6.45) is 0. The maximum atomic E-state index is 12.7. The molecule has 0 aliphatic rings. The Bertz CT molecular complexity index is 1310. The van der Waals surface area contributed by atoms with E-state index in [1.165, 1.54) is 6.07 Å². The number of nitrogens with zero attached hydrogens (tertiary/aromatic N) is 2. The molecule has 1 heterocycles. The molecule has 0 radical (unpaired) electrons. The van der Waals surface area contributed by atoms with Gasteiger partial charge in [0.2, 0.25) is 5.89 Å². The van der Waals surface area contributed by atoms with E-state index in [1.807, 2.05) is 44.2 Å². The number of nitrogens with one attached hydrogen (secondary N) is 1.